The fourth-order valence-corrected chi connectivity index (χ4v) is 2.40. The number of halogens is 2. The van der Waals surface area contributed by atoms with Gasteiger partial charge in [-0.3, -0.25) is 14.9 Å². The average molecular weight is 370 g/mol. The molecule has 0 fully saturated rings. The van der Waals surface area contributed by atoms with Gasteiger partial charge in [0, 0.05) is 16.2 Å². The molecule has 0 aliphatic rings. The lowest BCUT2D eigenvalue weighted by Gasteiger charge is -2.10. The summed E-state index contributed by atoms with van der Waals surface area (Å²) in [6, 6.07) is 9.56. The van der Waals surface area contributed by atoms with E-state index in [9.17, 15) is 14.9 Å². The quantitative estimate of drug-likeness (QED) is 0.636. The Balaban J connectivity index is 2.35. The highest BCUT2D eigenvalue weighted by Crippen LogP contribution is 2.29. The number of nitro groups is 1. The number of carbonyl (C=O) groups excluding carboxylic acids is 1. The van der Waals surface area contributed by atoms with Crippen molar-refractivity contribution in [2.24, 2.45) is 0 Å². The molecule has 21 heavy (non-hydrogen) atoms. The van der Waals surface area contributed by atoms with E-state index in [4.69, 9.17) is 11.6 Å². The zero-order valence-electron chi connectivity index (χ0n) is 10.9. The van der Waals surface area contributed by atoms with Crippen molar-refractivity contribution in [3.63, 3.8) is 0 Å². The number of rotatable bonds is 3. The molecule has 0 radical (unpaired) electrons. The van der Waals surface area contributed by atoms with Gasteiger partial charge in [-0.1, -0.05) is 39.7 Å². The maximum Gasteiger partial charge on any atom is 0.288 e. The number of hydrogen-bond acceptors (Lipinski definition) is 3. The molecule has 0 saturated carbocycles. The van der Waals surface area contributed by atoms with E-state index in [1.807, 2.05) is 19.1 Å². The Morgan fingerprint density at radius 3 is 2.71 bits per heavy atom. The fourth-order valence-electron chi connectivity index (χ4n) is 1.75. The van der Waals surface area contributed by atoms with E-state index in [-0.39, 0.29) is 16.3 Å². The third kappa shape index (κ3) is 3.40. The smallest absolute Gasteiger partial charge is 0.288 e. The predicted molar refractivity (Wildman–Crippen MR) is 84.9 cm³/mol. The van der Waals surface area contributed by atoms with Gasteiger partial charge in [-0.25, -0.2) is 0 Å². The summed E-state index contributed by atoms with van der Waals surface area (Å²) in [6.45, 7) is 1.84. The van der Waals surface area contributed by atoms with Gasteiger partial charge >= 0.3 is 0 Å². The molecule has 1 amide bonds. The number of aryl methyl sites for hydroxylation is 1. The summed E-state index contributed by atoms with van der Waals surface area (Å²) in [5.74, 6) is -0.495. The summed E-state index contributed by atoms with van der Waals surface area (Å²) in [5, 5.41) is 13.4. The monoisotopic (exact) mass is 368 g/mol. The van der Waals surface area contributed by atoms with Gasteiger partial charge in [-0.15, -0.1) is 0 Å². The van der Waals surface area contributed by atoms with Crippen LogP contribution in [0.1, 0.15) is 15.9 Å². The van der Waals surface area contributed by atoms with E-state index in [1.54, 1.807) is 6.07 Å². The molecule has 0 heterocycles. The van der Waals surface area contributed by atoms with Crippen LogP contribution in [-0.2, 0) is 0 Å². The van der Waals surface area contributed by atoms with E-state index in [1.165, 1.54) is 18.2 Å². The number of nitrogens with zero attached hydrogens (tertiary/aromatic N) is 1. The molecule has 2 aromatic carbocycles. The van der Waals surface area contributed by atoms with Gasteiger partial charge in [0.15, 0.2) is 0 Å². The van der Waals surface area contributed by atoms with Crippen LogP contribution in [-0.4, -0.2) is 10.8 Å². The molecular weight excluding hydrogens is 360 g/mol. The number of carbonyl (C=O) groups is 1. The minimum Gasteiger partial charge on any atom is -0.322 e. The first-order valence-corrected chi connectivity index (χ1v) is 7.07. The first kappa shape index (κ1) is 15.5. The fraction of sp³-hybridized carbons (Fsp3) is 0.0714. The van der Waals surface area contributed by atoms with Crippen LogP contribution in [0.25, 0.3) is 0 Å². The molecule has 108 valence electrons. The van der Waals surface area contributed by atoms with Crippen molar-refractivity contribution in [2.45, 2.75) is 6.92 Å². The van der Waals surface area contributed by atoms with Crippen LogP contribution in [0.3, 0.4) is 0 Å². The van der Waals surface area contributed by atoms with Crippen molar-refractivity contribution in [1.29, 1.82) is 0 Å². The Kier molecular flexibility index (Phi) is 4.59. The van der Waals surface area contributed by atoms with Crippen molar-refractivity contribution in [3.05, 3.63) is 67.1 Å². The Labute approximate surface area is 134 Å². The van der Waals surface area contributed by atoms with Gasteiger partial charge in [-0.2, -0.15) is 0 Å². The minimum absolute atomic E-state index is 0.0604. The summed E-state index contributed by atoms with van der Waals surface area (Å²) in [7, 11) is 0. The molecule has 7 heteroatoms. The maximum absolute atomic E-state index is 12.2. The first-order valence-electron chi connectivity index (χ1n) is 5.90. The van der Waals surface area contributed by atoms with Gasteiger partial charge in [0.2, 0.25) is 0 Å². The molecular formula is C14H10BrClN2O3. The first-order chi connectivity index (χ1) is 9.90. The topological polar surface area (TPSA) is 72.2 Å². The summed E-state index contributed by atoms with van der Waals surface area (Å²) in [6.07, 6.45) is 0. The lowest BCUT2D eigenvalue weighted by molar-refractivity contribution is -0.384. The summed E-state index contributed by atoms with van der Waals surface area (Å²) < 4.78 is 0.813. The maximum atomic E-state index is 12.2. The number of anilines is 1. The second-order valence-electron chi connectivity index (χ2n) is 4.31. The number of nitrogens with one attached hydrogen (secondary N) is 1. The van der Waals surface area contributed by atoms with Crippen LogP contribution < -0.4 is 5.32 Å². The van der Waals surface area contributed by atoms with Crippen LogP contribution in [0.5, 0.6) is 0 Å². The van der Waals surface area contributed by atoms with Crippen molar-refractivity contribution in [3.8, 4) is 0 Å². The van der Waals surface area contributed by atoms with Gasteiger partial charge in [0.05, 0.1) is 10.5 Å². The van der Waals surface area contributed by atoms with Crippen molar-refractivity contribution in [2.75, 3.05) is 5.32 Å². The highest BCUT2D eigenvalue weighted by molar-refractivity contribution is 9.10. The predicted octanol–water partition coefficient (Wildman–Crippen LogP) is 4.57. The van der Waals surface area contributed by atoms with E-state index in [0.29, 0.717) is 5.69 Å². The molecule has 0 atom stereocenters. The molecule has 0 aliphatic carbocycles. The second-order valence-corrected chi connectivity index (χ2v) is 5.60. The van der Waals surface area contributed by atoms with Crippen LogP contribution in [0.15, 0.2) is 40.9 Å². The van der Waals surface area contributed by atoms with Crippen LogP contribution in [0, 0.1) is 17.0 Å². The largest absolute Gasteiger partial charge is 0.322 e. The normalized spacial score (nSPS) is 10.2. The lowest BCUT2D eigenvalue weighted by atomic mass is 10.1. The zero-order valence-corrected chi connectivity index (χ0v) is 13.2. The Hall–Kier alpha value is -1.92. The van der Waals surface area contributed by atoms with Crippen molar-refractivity contribution in [1.82, 2.24) is 0 Å². The number of nitro benzene ring substituents is 1. The lowest BCUT2D eigenvalue weighted by Crippen LogP contribution is -2.13. The third-order valence-corrected chi connectivity index (χ3v) is 3.76. The van der Waals surface area contributed by atoms with Gasteiger partial charge in [-0.05, 0) is 30.7 Å². The van der Waals surface area contributed by atoms with Gasteiger partial charge in [0.25, 0.3) is 11.6 Å². The Morgan fingerprint density at radius 1 is 1.33 bits per heavy atom. The number of hydrogen-bond donors (Lipinski definition) is 1. The highest BCUT2D eigenvalue weighted by atomic mass is 79.9. The SMILES string of the molecule is Cc1ccc(Br)cc1NC(=O)c1cccc([N+](=O)[O-])c1Cl. The molecule has 0 bridgehead atoms. The van der Waals surface area contributed by atoms with Crippen LogP contribution >= 0.6 is 27.5 Å². The molecule has 2 rings (SSSR count). The standard InChI is InChI=1S/C14H10BrClN2O3/c1-8-5-6-9(15)7-11(8)17-14(19)10-3-2-4-12(13(10)16)18(20)21/h2-7H,1H3,(H,17,19). The summed E-state index contributed by atoms with van der Waals surface area (Å²) >= 11 is 9.25. The Bertz CT molecular complexity index is 734. The number of benzene rings is 2. The van der Waals surface area contributed by atoms with Gasteiger partial charge < -0.3 is 5.32 Å². The molecule has 0 unspecified atom stereocenters. The van der Waals surface area contributed by atoms with E-state index in [0.717, 1.165) is 10.0 Å². The van der Waals surface area contributed by atoms with Crippen LogP contribution in [0.2, 0.25) is 5.02 Å². The van der Waals surface area contributed by atoms with Gasteiger partial charge in [0.1, 0.15) is 5.02 Å². The Morgan fingerprint density at radius 2 is 2.05 bits per heavy atom. The minimum atomic E-state index is -0.622. The van der Waals surface area contributed by atoms with Crippen LogP contribution in [0.4, 0.5) is 11.4 Å². The van der Waals surface area contributed by atoms with Crippen molar-refractivity contribution < 1.29 is 9.72 Å². The molecule has 2 aromatic rings. The van der Waals surface area contributed by atoms with E-state index in [2.05, 4.69) is 21.2 Å². The molecule has 0 saturated heterocycles. The average Bonchev–Trinajstić information content (AvgIpc) is 2.42. The third-order valence-electron chi connectivity index (χ3n) is 2.87. The highest BCUT2D eigenvalue weighted by Gasteiger charge is 2.20. The molecule has 1 N–H and O–H groups in total. The second kappa shape index (κ2) is 6.24. The number of amides is 1. The molecule has 0 aromatic heterocycles. The summed E-state index contributed by atoms with van der Waals surface area (Å²) in [4.78, 5) is 22.5. The van der Waals surface area contributed by atoms with Crippen molar-refractivity contribution >= 4 is 44.8 Å². The zero-order chi connectivity index (χ0) is 15.6. The molecule has 5 nitrogen and oxygen atoms in total. The van der Waals surface area contributed by atoms with E-state index < -0.39 is 10.8 Å². The summed E-state index contributed by atoms with van der Waals surface area (Å²) in [5.41, 5.74) is 1.24. The van der Waals surface area contributed by atoms with E-state index >= 15 is 0 Å². The molecule has 0 spiro atoms. The molecule has 0 aliphatic heterocycles.